The predicted molar refractivity (Wildman–Crippen MR) is 60.2 cm³/mol. The molecule has 1 spiro atoms. The molecular weight excluding hydrogens is 220 g/mol. The summed E-state index contributed by atoms with van der Waals surface area (Å²) in [4.78, 5) is 11.3. The van der Waals surface area contributed by atoms with Crippen LogP contribution in [0.4, 0.5) is 0 Å². The van der Waals surface area contributed by atoms with E-state index in [-0.39, 0.29) is 23.8 Å². The SMILES string of the molecule is C=C1C(=O)OC[C@@H]1[C@@H]1COC2(CCCCC2)O1. The van der Waals surface area contributed by atoms with Gasteiger partial charge >= 0.3 is 5.97 Å². The van der Waals surface area contributed by atoms with E-state index in [9.17, 15) is 4.79 Å². The second-order valence-electron chi connectivity index (χ2n) is 5.17. The Morgan fingerprint density at radius 2 is 1.94 bits per heavy atom. The van der Waals surface area contributed by atoms with Crippen LogP contribution in [0.25, 0.3) is 0 Å². The Balaban J connectivity index is 1.67. The topological polar surface area (TPSA) is 44.8 Å². The molecule has 0 radical (unpaired) electrons. The van der Waals surface area contributed by atoms with Crippen molar-refractivity contribution in [2.24, 2.45) is 5.92 Å². The molecule has 1 aliphatic carbocycles. The van der Waals surface area contributed by atoms with E-state index in [1.165, 1.54) is 6.42 Å². The molecule has 0 aromatic rings. The van der Waals surface area contributed by atoms with Gasteiger partial charge in [0.2, 0.25) is 0 Å². The van der Waals surface area contributed by atoms with Gasteiger partial charge < -0.3 is 14.2 Å². The molecule has 0 unspecified atom stereocenters. The van der Waals surface area contributed by atoms with Crippen molar-refractivity contribution in [3.05, 3.63) is 12.2 Å². The van der Waals surface area contributed by atoms with Crippen molar-refractivity contribution in [2.45, 2.75) is 44.0 Å². The minimum absolute atomic E-state index is 0.0243. The normalized spacial score (nSPS) is 36.5. The highest BCUT2D eigenvalue weighted by atomic mass is 16.7. The van der Waals surface area contributed by atoms with Crippen LogP contribution in [-0.4, -0.2) is 31.1 Å². The summed E-state index contributed by atoms with van der Waals surface area (Å²) in [5.41, 5.74) is 0.534. The third-order valence-electron chi connectivity index (χ3n) is 4.04. The maximum absolute atomic E-state index is 11.3. The van der Waals surface area contributed by atoms with Gasteiger partial charge in [-0.1, -0.05) is 13.0 Å². The summed E-state index contributed by atoms with van der Waals surface area (Å²) < 4.78 is 16.9. The van der Waals surface area contributed by atoms with Crippen LogP contribution in [0.15, 0.2) is 12.2 Å². The standard InChI is InChI=1S/C13H18O4/c1-9-10(7-15-12(9)14)11-8-16-13(17-11)5-3-2-4-6-13/h10-11H,1-8H2/t10-,11-/m0/s1. The Labute approximate surface area is 101 Å². The van der Waals surface area contributed by atoms with Gasteiger partial charge in [-0.15, -0.1) is 0 Å². The van der Waals surface area contributed by atoms with Crippen molar-refractivity contribution in [3.63, 3.8) is 0 Å². The zero-order valence-electron chi connectivity index (χ0n) is 9.94. The van der Waals surface area contributed by atoms with Crippen LogP contribution in [0.3, 0.4) is 0 Å². The average Bonchev–Trinajstić information content (AvgIpc) is 2.87. The first kappa shape index (κ1) is 11.2. The first-order chi connectivity index (χ1) is 8.20. The summed E-state index contributed by atoms with van der Waals surface area (Å²) in [6.45, 7) is 4.73. The molecule has 3 aliphatic rings. The Morgan fingerprint density at radius 1 is 1.18 bits per heavy atom. The summed E-state index contributed by atoms with van der Waals surface area (Å²) in [6.07, 6.45) is 5.46. The van der Waals surface area contributed by atoms with Crippen LogP contribution in [0.1, 0.15) is 32.1 Å². The van der Waals surface area contributed by atoms with Gasteiger partial charge in [-0.25, -0.2) is 4.79 Å². The van der Waals surface area contributed by atoms with Crippen molar-refractivity contribution in [1.29, 1.82) is 0 Å². The van der Waals surface area contributed by atoms with E-state index in [4.69, 9.17) is 14.2 Å². The van der Waals surface area contributed by atoms with Crippen molar-refractivity contribution in [1.82, 2.24) is 0 Å². The highest BCUT2D eigenvalue weighted by Crippen LogP contribution is 2.41. The smallest absolute Gasteiger partial charge is 0.333 e. The summed E-state index contributed by atoms with van der Waals surface area (Å²) in [5, 5.41) is 0. The van der Waals surface area contributed by atoms with Crippen LogP contribution in [0, 0.1) is 5.92 Å². The van der Waals surface area contributed by atoms with Crippen molar-refractivity contribution in [3.8, 4) is 0 Å². The molecule has 94 valence electrons. The molecule has 0 aromatic heterocycles. The van der Waals surface area contributed by atoms with E-state index in [0.29, 0.717) is 18.8 Å². The lowest BCUT2D eigenvalue weighted by Gasteiger charge is -2.32. The summed E-state index contributed by atoms with van der Waals surface area (Å²) >= 11 is 0. The number of ether oxygens (including phenoxy) is 3. The Bertz CT molecular complexity index is 343. The molecule has 3 rings (SSSR count). The molecule has 2 atom stereocenters. The van der Waals surface area contributed by atoms with Gasteiger partial charge in [-0.3, -0.25) is 0 Å². The number of carbonyl (C=O) groups is 1. The zero-order valence-corrected chi connectivity index (χ0v) is 9.94. The molecule has 0 bridgehead atoms. The van der Waals surface area contributed by atoms with Crippen molar-refractivity contribution < 1.29 is 19.0 Å². The third kappa shape index (κ3) is 1.89. The van der Waals surface area contributed by atoms with E-state index in [2.05, 4.69) is 6.58 Å². The fraction of sp³-hybridized carbons (Fsp3) is 0.769. The molecule has 1 saturated carbocycles. The number of hydrogen-bond acceptors (Lipinski definition) is 4. The lowest BCUT2D eigenvalue weighted by atomic mass is 9.94. The van der Waals surface area contributed by atoms with Crippen LogP contribution in [0.2, 0.25) is 0 Å². The fourth-order valence-electron chi connectivity index (χ4n) is 2.97. The van der Waals surface area contributed by atoms with Gasteiger partial charge in [0.05, 0.1) is 18.6 Å². The molecule has 4 nitrogen and oxygen atoms in total. The van der Waals surface area contributed by atoms with Gasteiger partial charge in [-0.05, 0) is 12.8 Å². The molecular formula is C13H18O4. The number of rotatable bonds is 1. The Kier molecular flexibility index (Phi) is 2.71. The van der Waals surface area contributed by atoms with Gasteiger partial charge in [0.15, 0.2) is 5.79 Å². The predicted octanol–water partition coefficient (Wildman–Crippen LogP) is 1.79. The minimum atomic E-state index is -0.380. The van der Waals surface area contributed by atoms with Gasteiger partial charge in [0.25, 0.3) is 0 Å². The zero-order chi connectivity index (χ0) is 11.9. The van der Waals surface area contributed by atoms with E-state index in [0.717, 1.165) is 25.7 Å². The molecule has 2 heterocycles. The molecule has 17 heavy (non-hydrogen) atoms. The Morgan fingerprint density at radius 3 is 2.59 bits per heavy atom. The molecule has 4 heteroatoms. The fourth-order valence-corrected chi connectivity index (χ4v) is 2.97. The first-order valence-corrected chi connectivity index (χ1v) is 6.38. The monoisotopic (exact) mass is 238 g/mol. The minimum Gasteiger partial charge on any atom is -0.462 e. The van der Waals surface area contributed by atoms with Crippen LogP contribution >= 0.6 is 0 Å². The summed E-state index contributed by atoms with van der Waals surface area (Å²) in [5.74, 6) is -0.693. The van der Waals surface area contributed by atoms with Gasteiger partial charge in [0.1, 0.15) is 6.61 Å². The largest absolute Gasteiger partial charge is 0.462 e. The number of carbonyl (C=O) groups excluding carboxylic acids is 1. The Hall–Kier alpha value is -0.870. The lowest BCUT2D eigenvalue weighted by Crippen LogP contribution is -2.35. The molecule has 2 aliphatic heterocycles. The molecule has 2 saturated heterocycles. The number of hydrogen-bond donors (Lipinski definition) is 0. The van der Waals surface area contributed by atoms with E-state index in [1.54, 1.807) is 0 Å². The van der Waals surface area contributed by atoms with Crippen molar-refractivity contribution >= 4 is 5.97 Å². The van der Waals surface area contributed by atoms with Gasteiger partial charge in [-0.2, -0.15) is 0 Å². The van der Waals surface area contributed by atoms with Crippen LogP contribution in [0.5, 0.6) is 0 Å². The molecule has 0 amide bonds. The summed E-state index contributed by atoms with van der Waals surface area (Å²) in [7, 11) is 0. The third-order valence-corrected chi connectivity index (χ3v) is 4.04. The summed E-state index contributed by atoms with van der Waals surface area (Å²) in [6, 6.07) is 0. The number of cyclic esters (lactones) is 1. The second kappa shape index (κ2) is 4.10. The average molecular weight is 238 g/mol. The van der Waals surface area contributed by atoms with Crippen LogP contribution < -0.4 is 0 Å². The maximum Gasteiger partial charge on any atom is 0.333 e. The highest BCUT2D eigenvalue weighted by molar-refractivity contribution is 5.90. The van der Waals surface area contributed by atoms with E-state index < -0.39 is 0 Å². The maximum atomic E-state index is 11.3. The van der Waals surface area contributed by atoms with Crippen molar-refractivity contribution in [2.75, 3.05) is 13.2 Å². The van der Waals surface area contributed by atoms with Crippen LogP contribution in [-0.2, 0) is 19.0 Å². The van der Waals surface area contributed by atoms with Gasteiger partial charge in [0, 0.05) is 18.4 Å². The second-order valence-corrected chi connectivity index (χ2v) is 5.17. The molecule has 0 N–H and O–H groups in total. The molecule has 0 aromatic carbocycles. The van der Waals surface area contributed by atoms with E-state index in [1.807, 2.05) is 0 Å². The van der Waals surface area contributed by atoms with E-state index >= 15 is 0 Å². The number of esters is 1. The lowest BCUT2D eigenvalue weighted by molar-refractivity contribution is -0.190. The first-order valence-electron chi connectivity index (χ1n) is 6.38. The highest BCUT2D eigenvalue weighted by Gasteiger charge is 2.47. The quantitative estimate of drug-likeness (QED) is 0.516. The molecule has 3 fully saturated rings.